The van der Waals surface area contributed by atoms with E-state index in [-0.39, 0.29) is 31.9 Å². The van der Waals surface area contributed by atoms with E-state index in [2.05, 4.69) is 5.32 Å². The summed E-state index contributed by atoms with van der Waals surface area (Å²) in [6, 6.07) is -0.503. The number of halogens is 3. The SMILES string of the molecule is CN(CCCCCO)C(=O)C1CCC(C(F)(F)F)CN1. The Morgan fingerprint density at radius 1 is 1.30 bits per heavy atom. The van der Waals surface area contributed by atoms with Crippen molar-refractivity contribution >= 4 is 5.91 Å². The van der Waals surface area contributed by atoms with E-state index in [1.165, 1.54) is 0 Å². The molecule has 1 fully saturated rings. The van der Waals surface area contributed by atoms with Gasteiger partial charge in [0.15, 0.2) is 0 Å². The number of likely N-dealkylation sites (N-methyl/N-ethyl adjacent to an activating group) is 1. The number of alkyl halides is 3. The van der Waals surface area contributed by atoms with Crippen LogP contribution in [0.3, 0.4) is 0 Å². The number of nitrogens with one attached hydrogen (secondary N) is 1. The predicted octanol–water partition coefficient (Wildman–Crippen LogP) is 1.54. The van der Waals surface area contributed by atoms with E-state index in [1.54, 1.807) is 11.9 Å². The minimum Gasteiger partial charge on any atom is -0.396 e. The number of carbonyl (C=O) groups is 1. The number of hydrogen-bond acceptors (Lipinski definition) is 3. The van der Waals surface area contributed by atoms with Crippen molar-refractivity contribution < 1.29 is 23.1 Å². The van der Waals surface area contributed by atoms with E-state index >= 15 is 0 Å². The molecular formula is C13H23F3N2O2. The number of unbranched alkanes of at least 4 members (excludes halogenated alkanes) is 2. The van der Waals surface area contributed by atoms with E-state index in [0.29, 0.717) is 13.0 Å². The molecule has 0 aromatic carbocycles. The molecule has 0 spiro atoms. The lowest BCUT2D eigenvalue weighted by molar-refractivity contribution is -0.180. The summed E-state index contributed by atoms with van der Waals surface area (Å²) in [5, 5.41) is 11.4. The zero-order valence-electron chi connectivity index (χ0n) is 11.7. The largest absolute Gasteiger partial charge is 0.396 e. The van der Waals surface area contributed by atoms with Crippen LogP contribution in [0.1, 0.15) is 32.1 Å². The van der Waals surface area contributed by atoms with E-state index in [1.807, 2.05) is 0 Å². The normalized spacial score (nSPS) is 23.6. The van der Waals surface area contributed by atoms with Gasteiger partial charge >= 0.3 is 6.18 Å². The molecule has 0 radical (unpaired) electrons. The fraction of sp³-hybridized carbons (Fsp3) is 0.923. The van der Waals surface area contributed by atoms with Gasteiger partial charge in [-0.05, 0) is 32.1 Å². The van der Waals surface area contributed by atoms with Gasteiger partial charge in [-0.3, -0.25) is 4.79 Å². The first kappa shape index (κ1) is 17.2. The average molecular weight is 296 g/mol. The van der Waals surface area contributed by atoms with Crippen LogP contribution in [0.2, 0.25) is 0 Å². The molecule has 0 aromatic rings. The van der Waals surface area contributed by atoms with E-state index < -0.39 is 18.1 Å². The van der Waals surface area contributed by atoms with Crippen molar-refractivity contribution in [1.29, 1.82) is 0 Å². The molecule has 0 aliphatic carbocycles. The van der Waals surface area contributed by atoms with Gasteiger partial charge in [0.1, 0.15) is 0 Å². The van der Waals surface area contributed by atoms with E-state index in [4.69, 9.17) is 5.11 Å². The second-order valence-electron chi connectivity index (χ2n) is 5.32. The van der Waals surface area contributed by atoms with Gasteiger partial charge < -0.3 is 15.3 Å². The second kappa shape index (κ2) is 7.83. The molecule has 0 aromatic heterocycles. The highest BCUT2D eigenvalue weighted by Crippen LogP contribution is 2.32. The third-order valence-corrected chi connectivity index (χ3v) is 3.70. The first-order valence-corrected chi connectivity index (χ1v) is 7.02. The lowest BCUT2D eigenvalue weighted by Crippen LogP contribution is -2.51. The van der Waals surface area contributed by atoms with Gasteiger partial charge in [-0.1, -0.05) is 0 Å². The third kappa shape index (κ3) is 5.28. The Labute approximate surface area is 117 Å². The monoisotopic (exact) mass is 296 g/mol. The lowest BCUT2D eigenvalue weighted by Gasteiger charge is -2.32. The molecule has 0 saturated carbocycles. The zero-order valence-corrected chi connectivity index (χ0v) is 11.7. The van der Waals surface area contributed by atoms with Crippen molar-refractivity contribution in [1.82, 2.24) is 10.2 Å². The third-order valence-electron chi connectivity index (χ3n) is 3.70. The molecule has 1 aliphatic rings. The number of amides is 1. The van der Waals surface area contributed by atoms with Crippen LogP contribution < -0.4 is 5.32 Å². The van der Waals surface area contributed by atoms with Crippen molar-refractivity contribution in [3.05, 3.63) is 0 Å². The number of rotatable bonds is 6. The Bertz CT molecular complexity index is 302. The summed E-state index contributed by atoms with van der Waals surface area (Å²) in [7, 11) is 1.67. The Morgan fingerprint density at radius 2 is 2.00 bits per heavy atom. The predicted molar refractivity (Wildman–Crippen MR) is 69.1 cm³/mol. The number of aliphatic hydroxyl groups is 1. The van der Waals surface area contributed by atoms with E-state index in [9.17, 15) is 18.0 Å². The molecule has 20 heavy (non-hydrogen) atoms. The van der Waals surface area contributed by atoms with Crippen LogP contribution in [-0.4, -0.2) is 54.9 Å². The molecule has 2 unspecified atom stereocenters. The highest BCUT2D eigenvalue weighted by molar-refractivity contribution is 5.81. The van der Waals surface area contributed by atoms with Gasteiger partial charge in [-0.2, -0.15) is 13.2 Å². The fourth-order valence-corrected chi connectivity index (χ4v) is 2.36. The van der Waals surface area contributed by atoms with Crippen LogP contribution in [-0.2, 0) is 4.79 Å². The Kier molecular flexibility index (Phi) is 6.75. The van der Waals surface area contributed by atoms with Crippen molar-refractivity contribution in [2.24, 2.45) is 5.92 Å². The molecule has 2 N–H and O–H groups in total. The van der Waals surface area contributed by atoms with Crippen LogP contribution in [0.15, 0.2) is 0 Å². The van der Waals surface area contributed by atoms with Crippen molar-refractivity contribution in [2.45, 2.75) is 44.3 Å². The Hall–Kier alpha value is -0.820. The first-order chi connectivity index (χ1) is 9.36. The quantitative estimate of drug-likeness (QED) is 0.731. The summed E-state index contributed by atoms with van der Waals surface area (Å²) in [4.78, 5) is 13.6. The molecule has 4 nitrogen and oxygen atoms in total. The van der Waals surface area contributed by atoms with Crippen LogP contribution in [0.4, 0.5) is 13.2 Å². The van der Waals surface area contributed by atoms with Gasteiger partial charge in [-0.15, -0.1) is 0 Å². The zero-order chi connectivity index (χ0) is 15.2. The summed E-state index contributed by atoms with van der Waals surface area (Å²) in [6.07, 6.45) is -1.62. The molecule has 7 heteroatoms. The van der Waals surface area contributed by atoms with Crippen LogP contribution in [0.25, 0.3) is 0 Å². The molecule has 1 saturated heterocycles. The summed E-state index contributed by atoms with van der Waals surface area (Å²) in [5.74, 6) is -1.49. The van der Waals surface area contributed by atoms with Crippen molar-refractivity contribution in [3.63, 3.8) is 0 Å². The summed E-state index contributed by atoms with van der Waals surface area (Å²) < 4.78 is 37.5. The minimum absolute atomic E-state index is 0.00522. The maximum absolute atomic E-state index is 12.5. The first-order valence-electron chi connectivity index (χ1n) is 7.02. The van der Waals surface area contributed by atoms with Crippen LogP contribution in [0.5, 0.6) is 0 Å². The lowest BCUT2D eigenvalue weighted by atomic mass is 9.93. The van der Waals surface area contributed by atoms with Gasteiger partial charge in [0.2, 0.25) is 5.91 Å². The van der Waals surface area contributed by atoms with Gasteiger partial charge in [0.05, 0.1) is 12.0 Å². The number of piperidine rings is 1. The van der Waals surface area contributed by atoms with E-state index in [0.717, 1.165) is 12.8 Å². The topological polar surface area (TPSA) is 52.6 Å². The number of nitrogens with zero attached hydrogens (tertiary/aromatic N) is 1. The molecule has 1 rings (SSSR count). The molecule has 118 valence electrons. The second-order valence-corrected chi connectivity index (χ2v) is 5.32. The summed E-state index contributed by atoms with van der Waals surface area (Å²) >= 11 is 0. The summed E-state index contributed by atoms with van der Waals surface area (Å²) in [6.45, 7) is 0.526. The fourth-order valence-electron chi connectivity index (χ4n) is 2.36. The molecule has 0 bridgehead atoms. The van der Waals surface area contributed by atoms with Crippen molar-refractivity contribution in [3.8, 4) is 0 Å². The number of aliphatic hydroxyl groups excluding tert-OH is 1. The Balaban J connectivity index is 2.31. The average Bonchev–Trinajstić information content (AvgIpc) is 2.41. The molecule has 2 atom stereocenters. The molecule has 1 heterocycles. The van der Waals surface area contributed by atoms with Gasteiger partial charge in [-0.25, -0.2) is 0 Å². The van der Waals surface area contributed by atoms with Crippen molar-refractivity contribution in [2.75, 3.05) is 26.7 Å². The highest BCUT2D eigenvalue weighted by Gasteiger charge is 2.42. The minimum atomic E-state index is -4.18. The van der Waals surface area contributed by atoms with Gasteiger partial charge in [0.25, 0.3) is 0 Å². The number of hydrogen-bond donors (Lipinski definition) is 2. The maximum Gasteiger partial charge on any atom is 0.393 e. The Morgan fingerprint density at radius 3 is 2.50 bits per heavy atom. The highest BCUT2D eigenvalue weighted by atomic mass is 19.4. The number of carbonyl (C=O) groups excluding carboxylic acids is 1. The van der Waals surface area contributed by atoms with Crippen LogP contribution in [0, 0.1) is 5.92 Å². The molecule has 1 aliphatic heterocycles. The molecule has 1 amide bonds. The van der Waals surface area contributed by atoms with Gasteiger partial charge in [0, 0.05) is 26.7 Å². The molecular weight excluding hydrogens is 273 g/mol. The summed E-state index contributed by atoms with van der Waals surface area (Å²) in [5.41, 5.74) is 0. The van der Waals surface area contributed by atoms with Crippen LogP contribution >= 0.6 is 0 Å². The maximum atomic E-state index is 12.5. The standard InChI is InChI=1S/C13H23F3N2O2/c1-18(7-3-2-4-8-19)12(20)11-6-5-10(9-17-11)13(14,15)16/h10-11,17,19H,2-9H2,1H3. The smallest absolute Gasteiger partial charge is 0.393 e.